The van der Waals surface area contributed by atoms with Gasteiger partial charge in [0.25, 0.3) is 5.91 Å². The fourth-order valence-corrected chi connectivity index (χ4v) is 2.88. The van der Waals surface area contributed by atoms with Crippen LogP contribution in [0.4, 0.5) is 13.2 Å². The molecule has 0 radical (unpaired) electrons. The Morgan fingerprint density at radius 3 is 2.52 bits per heavy atom. The van der Waals surface area contributed by atoms with Gasteiger partial charge in [0.15, 0.2) is 5.96 Å². The zero-order chi connectivity index (χ0) is 20.6. The lowest BCUT2D eigenvalue weighted by Gasteiger charge is -2.39. The first-order chi connectivity index (χ1) is 13.3. The van der Waals surface area contributed by atoms with E-state index in [2.05, 4.69) is 20.6 Å². The Morgan fingerprint density at radius 2 is 1.97 bits per heavy atom. The molecule has 1 aromatic heterocycles. The first-order valence-corrected chi connectivity index (χ1v) is 9.35. The molecule has 7 nitrogen and oxygen atoms in total. The third-order valence-corrected chi connectivity index (χ3v) is 4.55. The maximum Gasteiger partial charge on any atom is 0.403 e. The number of nitrogens with one attached hydrogen (secondary N) is 2. The maximum atomic E-state index is 12.9. The van der Waals surface area contributed by atoms with Crippen molar-refractivity contribution in [2.24, 2.45) is 4.99 Å². The van der Waals surface area contributed by atoms with E-state index in [0.29, 0.717) is 57.3 Å². The van der Waals surface area contributed by atoms with Gasteiger partial charge in [-0.2, -0.15) is 13.2 Å². The summed E-state index contributed by atoms with van der Waals surface area (Å²) in [5.74, 6) is 0.431. The van der Waals surface area contributed by atoms with Gasteiger partial charge in [0, 0.05) is 51.7 Å². The van der Waals surface area contributed by atoms with Crippen molar-refractivity contribution in [1.29, 1.82) is 0 Å². The van der Waals surface area contributed by atoms with Gasteiger partial charge in [-0.3, -0.25) is 19.7 Å². The number of guanidine groups is 1. The summed E-state index contributed by atoms with van der Waals surface area (Å²) in [5, 5.41) is 5.93. The summed E-state index contributed by atoms with van der Waals surface area (Å²) >= 11 is 0. The van der Waals surface area contributed by atoms with Crippen LogP contribution in [0.2, 0.25) is 0 Å². The molecule has 2 heterocycles. The largest absolute Gasteiger partial charge is 0.403 e. The standard InChI is InChI=1S/C18H27F3N6O.HI/c1-3-23-17(25-8-7-24-16(28)15-5-4-6-22-13-15)27-11-9-26(10-12-27)14(2)18(19,20)21;/h4-6,13-14H,3,7-12H2,1-2H3,(H,23,25)(H,24,28);1H. The van der Waals surface area contributed by atoms with Crippen LogP contribution in [0.1, 0.15) is 24.2 Å². The lowest BCUT2D eigenvalue weighted by Crippen LogP contribution is -2.56. The molecule has 1 fully saturated rings. The average molecular weight is 528 g/mol. The van der Waals surface area contributed by atoms with Crippen LogP contribution in [0.5, 0.6) is 0 Å². The van der Waals surface area contributed by atoms with Gasteiger partial charge < -0.3 is 15.5 Å². The van der Waals surface area contributed by atoms with Crippen LogP contribution in [0.3, 0.4) is 0 Å². The molecule has 1 amide bonds. The van der Waals surface area contributed by atoms with E-state index in [9.17, 15) is 18.0 Å². The minimum Gasteiger partial charge on any atom is -0.357 e. The van der Waals surface area contributed by atoms with Crippen molar-refractivity contribution in [3.8, 4) is 0 Å². The Balaban J connectivity index is 0.00000420. The second-order valence-corrected chi connectivity index (χ2v) is 6.47. The smallest absolute Gasteiger partial charge is 0.357 e. The highest BCUT2D eigenvalue weighted by atomic mass is 127. The van der Waals surface area contributed by atoms with Crippen LogP contribution in [0.25, 0.3) is 0 Å². The second-order valence-electron chi connectivity index (χ2n) is 6.47. The molecule has 0 aromatic carbocycles. The van der Waals surface area contributed by atoms with Crippen molar-refractivity contribution in [2.75, 3.05) is 45.8 Å². The molecular weight excluding hydrogens is 500 g/mol. The van der Waals surface area contributed by atoms with Gasteiger partial charge >= 0.3 is 6.18 Å². The first-order valence-electron chi connectivity index (χ1n) is 9.35. The monoisotopic (exact) mass is 528 g/mol. The van der Waals surface area contributed by atoms with Crippen LogP contribution in [-0.4, -0.2) is 84.7 Å². The van der Waals surface area contributed by atoms with Crippen LogP contribution in [0, 0.1) is 0 Å². The lowest BCUT2D eigenvalue weighted by atomic mass is 10.2. The fourth-order valence-electron chi connectivity index (χ4n) is 2.88. The number of carbonyl (C=O) groups is 1. The molecule has 1 unspecified atom stereocenters. The molecule has 2 rings (SSSR count). The predicted molar refractivity (Wildman–Crippen MR) is 117 cm³/mol. The summed E-state index contributed by atoms with van der Waals surface area (Å²) in [6.45, 7) is 6.08. The number of nitrogens with zero attached hydrogens (tertiary/aromatic N) is 4. The third kappa shape index (κ3) is 7.96. The zero-order valence-electron chi connectivity index (χ0n) is 16.6. The second kappa shape index (κ2) is 12.2. The van der Waals surface area contributed by atoms with Crippen LogP contribution >= 0.6 is 24.0 Å². The topological polar surface area (TPSA) is 72.9 Å². The molecule has 0 saturated carbocycles. The minimum absolute atomic E-state index is 0. The number of pyridine rings is 1. The Kier molecular flexibility index (Phi) is 10.6. The van der Waals surface area contributed by atoms with Crippen molar-refractivity contribution in [1.82, 2.24) is 25.4 Å². The van der Waals surface area contributed by atoms with Crippen LogP contribution < -0.4 is 10.6 Å². The summed E-state index contributed by atoms with van der Waals surface area (Å²) in [6.07, 6.45) is -1.13. The molecule has 11 heteroatoms. The van der Waals surface area contributed by atoms with E-state index in [1.165, 1.54) is 18.0 Å². The number of hydrogen-bond donors (Lipinski definition) is 2. The summed E-state index contributed by atoms with van der Waals surface area (Å²) in [6, 6.07) is 1.92. The van der Waals surface area contributed by atoms with Crippen LogP contribution in [0.15, 0.2) is 29.5 Å². The molecule has 1 aromatic rings. The molecule has 0 spiro atoms. The molecule has 0 aliphatic carbocycles. The summed E-state index contributed by atoms with van der Waals surface area (Å²) in [7, 11) is 0. The van der Waals surface area contributed by atoms with Crippen LogP contribution in [-0.2, 0) is 0 Å². The van der Waals surface area contributed by atoms with Gasteiger partial charge in [-0.1, -0.05) is 0 Å². The van der Waals surface area contributed by atoms with Gasteiger partial charge in [0.1, 0.15) is 6.04 Å². The van der Waals surface area contributed by atoms with Gasteiger partial charge in [-0.05, 0) is 26.0 Å². The SMILES string of the molecule is CCNC(=NCCNC(=O)c1cccnc1)N1CCN(C(C)C(F)(F)F)CC1.I. The molecule has 1 aliphatic rings. The van der Waals surface area contributed by atoms with E-state index in [1.807, 2.05) is 11.8 Å². The van der Waals surface area contributed by atoms with E-state index in [-0.39, 0.29) is 29.9 Å². The maximum absolute atomic E-state index is 12.9. The van der Waals surface area contributed by atoms with E-state index >= 15 is 0 Å². The predicted octanol–water partition coefficient (Wildman–Crippen LogP) is 1.96. The highest BCUT2D eigenvalue weighted by Crippen LogP contribution is 2.25. The van der Waals surface area contributed by atoms with Gasteiger partial charge in [-0.25, -0.2) is 0 Å². The Morgan fingerprint density at radius 1 is 1.28 bits per heavy atom. The number of hydrogen-bond acceptors (Lipinski definition) is 4. The zero-order valence-corrected chi connectivity index (χ0v) is 18.9. The molecule has 29 heavy (non-hydrogen) atoms. The van der Waals surface area contributed by atoms with Gasteiger partial charge in [-0.15, -0.1) is 24.0 Å². The van der Waals surface area contributed by atoms with Gasteiger partial charge in [0.2, 0.25) is 0 Å². The number of amides is 1. The van der Waals surface area contributed by atoms with E-state index < -0.39 is 12.2 Å². The Hall–Kier alpha value is -1.63. The molecule has 2 N–H and O–H groups in total. The van der Waals surface area contributed by atoms with E-state index in [0.717, 1.165) is 0 Å². The minimum atomic E-state index is -4.22. The van der Waals surface area contributed by atoms with E-state index in [4.69, 9.17) is 0 Å². The highest BCUT2D eigenvalue weighted by molar-refractivity contribution is 14.0. The molecule has 1 saturated heterocycles. The third-order valence-electron chi connectivity index (χ3n) is 4.55. The number of aliphatic imine (C=N–C) groups is 1. The number of rotatable bonds is 6. The fraction of sp³-hybridized carbons (Fsp3) is 0.611. The van der Waals surface area contributed by atoms with Gasteiger partial charge in [0.05, 0.1) is 12.1 Å². The summed E-state index contributed by atoms with van der Waals surface area (Å²) < 4.78 is 38.6. The van der Waals surface area contributed by atoms with Crippen molar-refractivity contribution in [3.63, 3.8) is 0 Å². The summed E-state index contributed by atoms with van der Waals surface area (Å²) in [4.78, 5) is 23.7. The number of alkyl halides is 3. The first kappa shape index (κ1) is 25.4. The highest BCUT2D eigenvalue weighted by Gasteiger charge is 2.41. The van der Waals surface area contributed by atoms with Crippen molar-refractivity contribution in [3.05, 3.63) is 30.1 Å². The Bertz CT molecular complexity index is 651. The molecule has 1 aliphatic heterocycles. The summed E-state index contributed by atoms with van der Waals surface area (Å²) in [5.41, 5.74) is 0.480. The van der Waals surface area contributed by atoms with Crippen molar-refractivity contribution >= 4 is 35.8 Å². The quantitative estimate of drug-likeness (QED) is 0.256. The normalized spacial score (nSPS) is 16.7. The number of halogens is 4. The Labute approximate surface area is 186 Å². The molecule has 164 valence electrons. The van der Waals surface area contributed by atoms with Crippen molar-refractivity contribution in [2.45, 2.75) is 26.1 Å². The van der Waals surface area contributed by atoms with E-state index in [1.54, 1.807) is 18.3 Å². The molecule has 1 atom stereocenters. The molecule has 0 bridgehead atoms. The lowest BCUT2D eigenvalue weighted by molar-refractivity contribution is -0.181. The number of piperazine rings is 1. The number of aromatic nitrogens is 1. The molecular formula is C18H28F3IN6O. The van der Waals surface area contributed by atoms with Crippen molar-refractivity contribution < 1.29 is 18.0 Å². The average Bonchev–Trinajstić information content (AvgIpc) is 2.69. The number of carbonyl (C=O) groups excluding carboxylic acids is 1.